The summed E-state index contributed by atoms with van der Waals surface area (Å²) in [5.74, 6) is 2.21. The number of anilines is 2. The van der Waals surface area contributed by atoms with Crippen LogP contribution in [0.5, 0.6) is 5.75 Å². The first kappa shape index (κ1) is 19.8. The molecule has 31 heavy (non-hydrogen) atoms. The standard InChI is InChI=1S/C24H21BrN4O2/c1-3-15-7-8-21(26-11-15)29-17(12-30)13-31-23-18(5-4-6-20(23)29)24-27-19-10-16(25)9-14(2)22(19)28-24/h3-11,17,30H,1,12-13H2,2H3,(H,27,28)/t17-/m0/s1. The van der Waals surface area contributed by atoms with Crippen LogP contribution >= 0.6 is 15.9 Å². The van der Waals surface area contributed by atoms with E-state index in [1.165, 1.54) is 0 Å². The predicted molar refractivity (Wildman–Crippen MR) is 127 cm³/mol. The molecule has 156 valence electrons. The van der Waals surface area contributed by atoms with Crippen LogP contribution in [0.15, 0.2) is 59.7 Å². The molecule has 1 atom stereocenters. The maximum absolute atomic E-state index is 10.00. The highest BCUT2D eigenvalue weighted by Gasteiger charge is 2.31. The molecule has 5 rings (SSSR count). The normalized spacial score (nSPS) is 15.6. The summed E-state index contributed by atoms with van der Waals surface area (Å²) < 4.78 is 7.15. The predicted octanol–water partition coefficient (Wildman–Crippen LogP) is 5.23. The second-order valence-corrected chi connectivity index (χ2v) is 8.45. The number of imidazole rings is 1. The van der Waals surface area contributed by atoms with Crippen molar-refractivity contribution in [3.05, 3.63) is 70.8 Å². The number of fused-ring (bicyclic) bond motifs is 2. The number of aryl methyl sites for hydroxylation is 1. The number of nitrogens with one attached hydrogen (secondary N) is 1. The molecular formula is C24H21BrN4O2. The number of aromatic amines is 1. The molecule has 3 heterocycles. The van der Waals surface area contributed by atoms with Gasteiger partial charge in [0.2, 0.25) is 0 Å². The second kappa shape index (κ2) is 7.83. The van der Waals surface area contributed by atoms with Crippen molar-refractivity contribution in [2.75, 3.05) is 18.1 Å². The molecule has 0 saturated heterocycles. The highest BCUT2D eigenvalue weighted by molar-refractivity contribution is 9.10. The molecule has 2 N–H and O–H groups in total. The Bertz CT molecular complexity index is 1280. The van der Waals surface area contributed by atoms with Crippen molar-refractivity contribution in [1.82, 2.24) is 15.0 Å². The average Bonchev–Trinajstić information content (AvgIpc) is 3.22. The summed E-state index contributed by atoms with van der Waals surface area (Å²) in [5, 5.41) is 10.00. The van der Waals surface area contributed by atoms with E-state index < -0.39 is 0 Å². The third kappa shape index (κ3) is 3.40. The van der Waals surface area contributed by atoms with E-state index in [0.29, 0.717) is 6.61 Å². The van der Waals surface area contributed by atoms with Crippen LogP contribution in [-0.2, 0) is 0 Å². The van der Waals surface area contributed by atoms with Crippen LogP contribution < -0.4 is 9.64 Å². The number of nitrogens with zero attached hydrogens (tertiary/aromatic N) is 3. The van der Waals surface area contributed by atoms with Gasteiger partial charge in [-0.1, -0.05) is 34.7 Å². The molecule has 1 aliphatic heterocycles. The van der Waals surface area contributed by atoms with Crippen LogP contribution in [0.1, 0.15) is 11.1 Å². The van der Waals surface area contributed by atoms with Crippen molar-refractivity contribution in [1.29, 1.82) is 0 Å². The zero-order chi connectivity index (χ0) is 21.5. The van der Waals surface area contributed by atoms with Gasteiger partial charge in [0.1, 0.15) is 18.2 Å². The smallest absolute Gasteiger partial charge is 0.154 e. The zero-order valence-corrected chi connectivity index (χ0v) is 18.6. The van der Waals surface area contributed by atoms with Gasteiger partial charge in [-0.15, -0.1) is 0 Å². The van der Waals surface area contributed by atoms with Gasteiger partial charge in [-0.25, -0.2) is 9.97 Å². The molecule has 0 saturated carbocycles. The summed E-state index contributed by atoms with van der Waals surface area (Å²) in [5.41, 5.74) is 5.63. The van der Waals surface area contributed by atoms with Gasteiger partial charge in [0.05, 0.1) is 34.9 Å². The number of rotatable bonds is 4. The molecule has 0 spiro atoms. The fraction of sp³-hybridized carbons (Fsp3) is 0.167. The van der Waals surface area contributed by atoms with Gasteiger partial charge in [-0.3, -0.25) is 0 Å². The van der Waals surface area contributed by atoms with Crippen LogP contribution in [0.3, 0.4) is 0 Å². The van der Waals surface area contributed by atoms with Gasteiger partial charge >= 0.3 is 0 Å². The average molecular weight is 477 g/mol. The van der Waals surface area contributed by atoms with E-state index >= 15 is 0 Å². The van der Waals surface area contributed by atoms with E-state index in [0.717, 1.165) is 55.3 Å². The fourth-order valence-electron chi connectivity index (χ4n) is 3.98. The number of para-hydroxylation sites is 1. The first-order valence-corrected chi connectivity index (χ1v) is 10.8. The highest BCUT2D eigenvalue weighted by Crippen LogP contribution is 2.44. The Kier molecular flexibility index (Phi) is 5.00. The van der Waals surface area contributed by atoms with Crippen molar-refractivity contribution in [3.63, 3.8) is 0 Å². The van der Waals surface area contributed by atoms with Gasteiger partial charge in [0.25, 0.3) is 0 Å². The van der Waals surface area contributed by atoms with Crippen LogP contribution in [0.2, 0.25) is 0 Å². The molecule has 6 nitrogen and oxygen atoms in total. The van der Waals surface area contributed by atoms with Crippen molar-refractivity contribution in [2.24, 2.45) is 0 Å². The quantitative estimate of drug-likeness (QED) is 0.421. The monoisotopic (exact) mass is 476 g/mol. The summed E-state index contributed by atoms with van der Waals surface area (Å²) in [6, 6.07) is 13.7. The van der Waals surface area contributed by atoms with Crippen molar-refractivity contribution in [2.45, 2.75) is 13.0 Å². The molecule has 1 aliphatic rings. The Labute approximate surface area is 188 Å². The fourth-order valence-corrected chi connectivity index (χ4v) is 4.56. The zero-order valence-electron chi connectivity index (χ0n) is 17.0. The number of hydrogen-bond donors (Lipinski definition) is 2. The van der Waals surface area contributed by atoms with Gasteiger partial charge < -0.3 is 19.7 Å². The molecule has 2 aromatic carbocycles. The number of halogens is 1. The summed E-state index contributed by atoms with van der Waals surface area (Å²) in [4.78, 5) is 14.9. The maximum atomic E-state index is 10.00. The Morgan fingerprint density at radius 1 is 1.32 bits per heavy atom. The van der Waals surface area contributed by atoms with Crippen molar-refractivity contribution < 1.29 is 9.84 Å². The molecule has 0 fully saturated rings. The van der Waals surface area contributed by atoms with E-state index in [-0.39, 0.29) is 12.6 Å². The lowest BCUT2D eigenvalue weighted by Crippen LogP contribution is -2.43. The Morgan fingerprint density at radius 2 is 2.19 bits per heavy atom. The lowest BCUT2D eigenvalue weighted by Gasteiger charge is -2.37. The van der Waals surface area contributed by atoms with Crippen LogP contribution in [0.25, 0.3) is 28.5 Å². The van der Waals surface area contributed by atoms with Gasteiger partial charge in [-0.05, 0) is 54.4 Å². The molecule has 7 heteroatoms. The third-order valence-electron chi connectivity index (χ3n) is 5.50. The first-order valence-electron chi connectivity index (χ1n) is 9.99. The third-order valence-corrected chi connectivity index (χ3v) is 5.96. The number of ether oxygens (including phenoxy) is 1. The molecule has 0 radical (unpaired) electrons. The molecule has 4 aromatic rings. The van der Waals surface area contributed by atoms with Crippen LogP contribution in [0, 0.1) is 6.92 Å². The van der Waals surface area contributed by atoms with Gasteiger partial charge in [0.15, 0.2) is 5.75 Å². The topological polar surface area (TPSA) is 74.3 Å². The van der Waals surface area contributed by atoms with E-state index in [1.54, 1.807) is 12.3 Å². The SMILES string of the molecule is C=Cc1ccc(N2c3cccc(-c4nc5c(C)cc(Br)cc5[nH]4)c3OC[C@@H]2CO)nc1. The first-order chi connectivity index (χ1) is 15.1. The lowest BCUT2D eigenvalue weighted by atomic mass is 10.1. The largest absolute Gasteiger partial charge is 0.488 e. The Hall–Kier alpha value is -3.16. The highest BCUT2D eigenvalue weighted by atomic mass is 79.9. The maximum Gasteiger partial charge on any atom is 0.154 e. The molecular weight excluding hydrogens is 456 g/mol. The number of benzene rings is 2. The minimum absolute atomic E-state index is 0.0492. The number of aromatic nitrogens is 3. The van der Waals surface area contributed by atoms with Gasteiger partial charge in [0, 0.05) is 10.7 Å². The minimum atomic E-state index is -0.237. The molecule has 0 aliphatic carbocycles. The Morgan fingerprint density at radius 3 is 2.94 bits per heavy atom. The summed E-state index contributed by atoms with van der Waals surface area (Å²) in [6.07, 6.45) is 3.53. The molecule has 2 aromatic heterocycles. The van der Waals surface area contributed by atoms with Crippen LogP contribution in [-0.4, -0.2) is 39.3 Å². The lowest BCUT2D eigenvalue weighted by molar-refractivity contribution is 0.195. The number of H-pyrrole nitrogens is 1. The molecule has 0 bridgehead atoms. The van der Waals surface area contributed by atoms with Gasteiger partial charge in [-0.2, -0.15) is 0 Å². The Balaban J connectivity index is 1.65. The van der Waals surface area contributed by atoms with Crippen molar-refractivity contribution in [3.8, 4) is 17.1 Å². The van der Waals surface area contributed by atoms with Crippen molar-refractivity contribution >= 4 is 44.5 Å². The number of aliphatic hydroxyl groups is 1. The number of aliphatic hydroxyl groups excluding tert-OH is 1. The van der Waals surface area contributed by atoms with Crippen LogP contribution in [0.4, 0.5) is 11.5 Å². The molecule has 0 unspecified atom stereocenters. The summed E-state index contributed by atoms with van der Waals surface area (Å²) in [6.45, 7) is 6.12. The second-order valence-electron chi connectivity index (χ2n) is 7.53. The van der Waals surface area contributed by atoms with E-state index in [2.05, 4.69) is 38.5 Å². The van der Waals surface area contributed by atoms with E-state index in [1.807, 2.05) is 48.2 Å². The van der Waals surface area contributed by atoms with E-state index in [4.69, 9.17) is 9.72 Å². The summed E-state index contributed by atoms with van der Waals surface area (Å²) >= 11 is 3.55. The van der Waals surface area contributed by atoms with E-state index in [9.17, 15) is 5.11 Å². The minimum Gasteiger partial charge on any atom is -0.488 e. The number of hydrogen-bond acceptors (Lipinski definition) is 5. The molecule has 0 amide bonds. The number of pyridine rings is 1. The summed E-state index contributed by atoms with van der Waals surface area (Å²) in [7, 11) is 0.